The van der Waals surface area contributed by atoms with Gasteiger partial charge in [-0.1, -0.05) is 66.7 Å². The zero-order valence-corrected chi connectivity index (χ0v) is 22.8. The number of aliphatic carboxylic acids is 1. The first-order chi connectivity index (χ1) is 18.9. The van der Waals surface area contributed by atoms with Gasteiger partial charge >= 0.3 is 5.97 Å². The van der Waals surface area contributed by atoms with Crippen LogP contribution in [-0.2, 0) is 28.0 Å². The van der Waals surface area contributed by atoms with Crippen LogP contribution in [0.4, 0.5) is 0 Å². The molecule has 0 saturated heterocycles. The van der Waals surface area contributed by atoms with Crippen molar-refractivity contribution in [2.75, 3.05) is 20.8 Å². The Balaban J connectivity index is 1.79. The minimum atomic E-state index is -1.30. The summed E-state index contributed by atoms with van der Waals surface area (Å²) >= 11 is 0. The summed E-state index contributed by atoms with van der Waals surface area (Å²) in [7, 11) is 3.20. The van der Waals surface area contributed by atoms with E-state index in [-0.39, 0.29) is 13.0 Å². The first kappa shape index (κ1) is 27.8. The van der Waals surface area contributed by atoms with Crippen molar-refractivity contribution in [3.8, 4) is 11.5 Å². The third-order valence-electron chi connectivity index (χ3n) is 6.78. The quantitative estimate of drug-likeness (QED) is 0.259. The molecule has 0 saturated carbocycles. The van der Waals surface area contributed by atoms with Gasteiger partial charge < -0.3 is 19.3 Å². The number of hydrogen-bond donors (Lipinski definition) is 1. The van der Waals surface area contributed by atoms with E-state index >= 15 is 0 Å². The normalized spacial score (nSPS) is 12.1. The average molecular weight is 527 g/mol. The van der Waals surface area contributed by atoms with Gasteiger partial charge in [-0.2, -0.15) is 0 Å². The lowest BCUT2D eigenvalue weighted by molar-refractivity contribution is -0.155. The van der Waals surface area contributed by atoms with Crippen molar-refractivity contribution in [2.24, 2.45) is 5.92 Å². The molecule has 0 spiro atoms. The van der Waals surface area contributed by atoms with Gasteiger partial charge in [-0.15, -0.1) is 0 Å². The molecule has 0 aliphatic rings. The second-order valence-electron chi connectivity index (χ2n) is 9.42. The summed E-state index contributed by atoms with van der Waals surface area (Å²) in [6.07, 6.45) is 0.631. The standard InChI is InChI=1S/C32H34N2O5/c1-22-19-23(2)34-30(33-22)21-27(31(35)36)32(25-11-7-5-8-12-25,26-13-9-6-10-14-26)39-18-17-24-15-16-28(37-3)29(20-24)38-4/h5-16,19-20,27H,17-18,21H2,1-4H3,(H,35,36)/t27-/m1/s1. The molecule has 0 aliphatic carbocycles. The molecule has 1 aromatic heterocycles. The van der Waals surface area contributed by atoms with Crippen LogP contribution in [0.25, 0.3) is 0 Å². The van der Waals surface area contributed by atoms with E-state index in [9.17, 15) is 9.90 Å². The predicted octanol–water partition coefficient (Wildman–Crippen LogP) is 5.56. The Morgan fingerprint density at radius 1 is 0.821 bits per heavy atom. The lowest BCUT2D eigenvalue weighted by atomic mass is 9.74. The SMILES string of the molecule is COc1ccc(CCOC(c2ccccc2)(c2ccccc2)[C@H](Cc2nc(C)cc(C)n2)C(=O)O)cc1OC. The van der Waals surface area contributed by atoms with E-state index < -0.39 is 17.5 Å². The van der Waals surface area contributed by atoms with E-state index in [4.69, 9.17) is 14.2 Å². The molecule has 0 radical (unpaired) electrons. The van der Waals surface area contributed by atoms with Gasteiger partial charge in [-0.25, -0.2) is 9.97 Å². The molecule has 4 rings (SSSR count). The van der Waals surface area contributed by atoms with Crippen molar-refractivity contribution < 1.29 is 24.1 Å². The number of carbonyl (C=O) groups is 1. The van der Waals surface area contributed by atoms with Gasteiger partial charge in [0.15, 0.2) is 11.5 Å². The summed E-state index contributed by atoms with van der Waals surface area (Å²) in [6.45, 7) is 4.03. The van der Waals surface area contributed by atoms with Gasteiger partial charge in [0.05, 0.1) is 20.8 Å². The first-order valence-corrected chi connectivity index (χ1v) is 12.9. The third-order valence-corrected chi connectivity index (χ3v) is 6.78. The Labute approximate surface area is 229 Å². The fourth-order valence-electron chi connectivity index (χ4n) is 5.05. The van der Waals surface area contributed by atoms with Gasteiger partial charge in [0.1, 0.15) is 17.3 Å². The predicted molar refractivity (Wildman–Crippen MR) is 149 cm³/mol. The number of ether oxygens (including phenoxy) is 3. The fraction of sp³-hybridized carbons (Fsp3) is 0.281. The summed E-state index contributed by atoms with van der Waals surface area (Å²) in [5.74, 6) is -0.252. The zero-order valence-electron chi connectivity index (χ0n) is 22.8. The maximum Gasteiger partial charge on any atom is 0.310 e. The van der Waals surface area contributed by atoms with Gasteiger partial charge in [0.2, 0.25) is 0 Å². The number of aryl methyl sites for hydroxylation is 2. The van der Waals surface area contributed by atoms with E-state index in [0.29, 0.717) is 23.7 Å². The summed E-state index contributed by atoms with van der Waals surface area (Å²) in [5.41, 5.74) is 2.76. The average Bonchev–Trinajstić information content (AvgIpc) is 2.94. The lowest BCUT2D eigenvalue weighted by Gasteiger charge is -2.40. The number of benzene rings is 3. The minimum Gasteiger partial charge on any atom is -0.493 e. The molecule has 1 heterocycles. The molecule has 0 aliphatic heterocycles. The third kappa shape index (κ3) is 6.26. The summed E-state index contributed by atoms with van der Waals surface area (Å²) in [5, 5.41) is 10.7. The van der Waals surface area contributed by atoms with Crippen molar-refractivity contribution in [1.82, 2.24) is 9.97 Å². The van der Waals surface area contributed by atoms with Crippen molar-refractivity contribution in [2.45, 2.75) is 32.3 Å². The van der Waals surface area contributed by atoms with E-state index in [2.05, 4.69) is 9.97 Å². The van der Waals surface area contributed by atoms with Crippen LogP contribution in [0, 0.1) is 19.8 Å². The molecule has 202 valence electrons. The molecule has 0 fully saturated rings. The number of methoxy groups -OCH3 is 2. The Morgan fingerprint density at radius 2 is 1.38 bits per heavy atom. The second-order valence-corrected chi connectivity index (χ2v) is 9.42. The van der Waals surface area contributed by atoms with Gasteiger partial charge in [-0.05, 0) is 55.2 Å². The van der Waals surface area contributed by atoms with Crippen molar-refractivity contribution in [1.29, 1.82) is 0 Å². The molecule has 7 heteroatoms. The minimum absolute atomic E-state index is 0.0952. The second kappa shape index (κ2) is 12.5. The van der Waals surface area contributed by atoms with Crippen LogP contribution in [0.3, 0.4) is 0 Å². The van der Waals surface area contributed by atoms with E-state index in [1.54, 1.807) is 14.2 Å². The summed E-state index contributed by atoms with van der Waals surface area (Å²) < 4.78 is 17.6. The molecule has 4 aromatic rings. The number of carboxylic acids is 1. The van der Waals surface area contributed by atoms with Crippen LogP contribution >= 0.6 is 0 Å². The molecular weight excluding hydrogens is 492 g/mol. The van der Waals surface area contributed by atoms with E-state index in [0.717, 1.165) is 28.1 Å². The smallest absolute Gasteiger partial charge is 0.310 e. The monoisotopic (exact) mass is 526 g/mol. The Bertz CT molecular complexity index is 1330. The Hall–Kier alpha value is -4.23. The number of carboxylic acid groups (broad SMARTS) is 1. The van der Waals surface area contributed by atoms with Crippen molar-refractivity contribution in [3.05, 3.63) is 119 Å². The highest BCUT2D eigenvalue weighted by Gasteiger charge is 2.48. The molecular formula is C32H34N2O5. The number of nitrogens with zero attached hydrogens (tertiary/aromatic N) is 2. The number of aromatic nitrogens is 2. The summed E-state index contributed by atoms with van der Waals surface area (Å²) in [6, 6.07) is 26.7. The van der Waals surface area contributed by atoms with Crippen LogP contribution < -0.4 is 9.47 Å². The molecule has 3 aromatic carbocycles. The first-order valence-electron chi connectivity index (χ1n) is 12.9. The number of rotatable bonds is 12. The van der Waals surface area contributed by atoms with E-state index in [1.807, 2.05) is 98.8 Å². The van der Waals surface area contributed by atoms with Gasteiger partial charge in [-0.3, -0.25) is 4.79 Å². The maximum atomic E-state index is 13.1. The lowest BCUT2D eigenvalue weighted by Crippen LogP contribution is -2.45. The van der Waals surface area contributed by atoms with Crippen LogP contribution in [0.1, 0.15) is 33.9 Å². The topological polar surface area (TPSA) is 90.8 Å². The Morgan fingerprint density at radius 3 is 1.90 bits per heavy atom. The molecule has 1 atom stereocenters. The largest absolute Gasteiger partial charge is 0.493 e. The van der Waals surface area contributed by atoms with Gasteiger partial charge in [0, 0.05) is 17.8 Å². The van der Waals surface area contributed by atoms with Crippen LogP contribution in [0.15, 0.2) is 84.9 Å². The molecule has 0 bridgehead atoms. The molecule has 39 heavy (non-hydrogen) atoms. The highest BCUT2D eigenvalue weighted by atomic mass is 16.5. The molecule has 0 amide bonds. The fourth-order valence-corrected chi connectivity index (χ4v) is 5.05. The molecule has 1 N–H and O–H groups in total. The van der Waals surface area contributed by atoms with Crippen molar-refractivity contribution >= 4 is 5.97 Å². The van der Waals surface area contributed by atoms with Crippen LogP contribution in [0.5, 0.6) is 11.5 Å². The molecule has 7 nitrogen and oxygen atoms in total. The number of hydrogen-bond acceptors (Lipinski definition) is 6. The van der Waals surface area contributed by atoms with Gasteiger partial charge in [0.25, 0.3) is 0 Å². The van der Waals surface area contributed by atoms with Crippen molar-refractivity contribution in [3.63, 3.8) is 0 Å². The van der Waals surface area contributed by atoms with Crippen LogP contribution in [0.2, 0.25) is 0 Å². The van der Waals surface area contributed by atoms with Crippen LogP contribution in [-0.4, -0.2) is 41.9 Å². The molecule has 0 unspecified atom stereocenters. The van der Waals surface area contributed by atoms with E-state index in [1.165, 1.54) is 0 Å². The summed E-state index contributed by atoms with van der Waals surface area (Å²) in [4.78, 5) is 22.2. The highest BCUT2D eigenvalue weighted by Crippen LogP contribution is 2.42. The maximum absolute atomic E-state index is 13.1. The Kier molecular flexibility index (Phi) is 8.94. The highest BCUT2D eigenvalue weighted by molar-refractivity contribution is 5.74. The zero-order chi connectivity index (χ0) is 27.8.